The molecule has 0 unspecified atom stereocenters. The Hall–Kier alpha value is -2.80. The molecule has 3 N–H and O–H groups in total. The van der Waals surface area contributed by atoms with Crippen molar-refractivity contribution < 1.29 is 8.78 Å². The number of H-pyrrole nitrogens is 1. The van der Waals surface area contributed by atoms with Crippen molar-refractivity contribution in [2.45, 2.75) is 12.8 Å². The molecule has 8 heteroatoms. The molecule has 0 aliphatic rings. The van der Waals surface area contributed by atoms with Crippen LogP contribution in [-0.2, 0) is 5.92 Å². The fourth-order valence-electron chi connectivity index (χ4n) is 2.98. The number of fused-ring (bicyclic) bond motifs is 2. The summed E-state index contributed by atoms with van der Waals surface area (Å²) in [4.78, 5) is 7.63. The summed E-state index contributed by atoms with van der Waals surface area (Å²) in [7, 11) is 1.74. The Labute approximate surface area is 152 Å². The van der Waals surface area contributed by atoms with E-state index < -0.39 is 5.92 Å². The second-order valence-corrected chi connectivity index (χ2v) is 6.54. The molecular formula is C18H16ClF2N5. The van der Waals surface area contributed by atoms with Crippen molar-refractivity contribution in [2.75, 3.05) is 17.8 Å². The van der Waals surface area contributed by atoms with Crippen molar-refractivity contribution >= 4 is 45.2 Å². The van der Waals surface area contributed by atoms with Crippen LogP contribution >= 0.6 is 11.6 Å². The van der Waals surface area contributed by atoms with E-state index in [1.165, 1.54) is 12.1 Å². The minimum absolute atomic E-state index is 0.0730. The van der Waals surface area contributed by atoms with Crippen LogP contribution in [0.1, 0.15) is 12.5 Å². The number of aromatic amines is 1. The van der Waals surface area contributed by atoms with Crippen LogP contribution in [0.3, 0.4) is 0 Å². The van der Waals surface area contributed by atoms with Crippen LogP contribution in [0.25, 0.3) is 21.9 Å². The van der Waals surface area contributed by atoms with Gasteiger partial charge in [0, 0.05) is 41.7 Å². The van der Waals surface area contributed by atoms with Gasteiger partial charge in [-0.3, -0.25) is 0 Å². The minimum atomic E-state index is -2.92. The van der Waals surface area contributed by atoms with Gasteiger partial charge in [-0.05, 0) is 30.3 Å². The average molecular weight is 376 g/mol. The second-order valence-electron chi connectivity index (χ2n) is 6.10. The summed E-state index contributed by atoms with van der Waals surface area (Å²) in [5.41, 5.74) is 5.82. The molecule has 0 spiro atoms. The van der Waals surface area contributed by atoms with Crippen LogP contribution in [0, 0.1) is 0 Å². The zero-order chi connectivity index (χ0) is 18.5. The Morgan fingerprint density at radius 3 is 2.73 bits per heavy atom. The zero-order valence-corrected chi connectivity index (χ0v) is 14.8. The van der Waals surface area contributed by atoms with Crippen LogP contribution < -0.4 is 10.7 Å². The number of halogens is 3. The lowest BCUT2D eigenvalue weighted by molar-refractivity contribution is 0.0176. The number of alkyl halides is 2. The Morgan fingerprint density at radius 2 is 2.00 bits per heavy atom. The molecule has 2 heterocycles. The van der Waals surface area contributed by atoms with E-state index in [1.54, 1.807) is 23.9 Å². The van der Waals surface area contributed by atoms with Crippen molar-refractivity contribution in [1.29, 1.82) is 0 Å². The van der Waals surface area contributed by atoms with Crippen LogP contribution in [0.15, 0.2) is 42.6 Å². The topological polar surface area (TPSA) is 57.7 Å². The molecule has 2 aromatic heterocycles. The van der Waals surface area contributed by atoms with E-state index >= 15 is 0 Å². The van der Waals surface area contributed by atoms with Crippen molar-refractivity contribution in [3.05, 3.63) is 53.2 Å². The van der Waals surface area contributed by atoms with E-state index in [4.69, 9.17) is 11.6 Å². The number of anilines is 2. The lowest BCUT2D eigenvalue weighted by Crippen LogP contribution is -2.12. The Balaban J connectivity index is 1.81. The number of nitrogens with one attached hydrogen (secondary N) is 3. The van der Waals surface area contributed by atoms with Crippen LogP contribution in [0.2, 0.25) is 5.02 Å². The summed E-state index contributed by atoms with van der Waals surface area (Å²) in [6, 6.07) is 9.98. The summed E-state index contributed by atoms with van der Waals surface area (Å²) >= 11 is 6.09. The summed E-state index contributed by atoms with van der Waals surface area (Å²) in [6.45, 7) is 0.873. The van der Waals surface area contributed by atoms with Gasteiger partial charge in [0.25, 0.3) is 5.92 Å². The Morgan fingerprint density at radius 1 is 1.19 bits per heavy atom. The van der Waals surface area contributed by atoms with Gasteiger partial charge in [-0.15, -0.1) is 0 Å². The highest BCUT2D eigenvalue weighted by Gasteiger charge is 2.25. The standard InChI is InChI=1S/C18H16ClF2N5/c1-18(20,21)10-3-6-16-14(7-10)24-17(26(16)22-2)25-15-9-23-13-5-4-11(19)8-12(13)15/h3-9,22-23H,1-2H3,(H,24,25). The molecule has 0 aliphatic heterocycles. The quantitative estimate of drug-likeness (QED) is 0.459. The van der Waals surface area contributed by atoms with Gasteiger partial charge in [0.1, 0.15) is 0 Å². The summed E-state index contributed by atoms with van der Waals surface area (Å²) < 4.78 is 28.9. The zero-order valence-electron chi connectivity index (χ0n) is 14.1. The number of hydrogen-bond donors (Lipinski definition) is 3. The van der Waals surface area contributed by atoms with Gasteiger partial charge in [0.2, 0.25) is 5.95 Å². The molecular weight excluding hydrogens is 360 g/mol. The normalized spacial score (nSPS) is 12.0. The van der Waals surface area contributed by atoms with Gasteiger partial charge >= 0.3 is 0 Å². The van der Waals surface area contributed by atoms with Gasteiger partial charge in [-0.2, -0.15) is 0 Å². The molecule has 0 atom stereocenters. The smallest absolute Gasteiger partial charge is 0.270 e. The van der Waals surface area contributed by atoms with E-state index in [1.807, 2.05) is 18.3 Å². The number of rotatable bonds is 4. The summed E-state index contributed by atoms with van der Waals surface area (Å²) in [5.74, 6) is -2.43. The molecule has 134 valence electrons. The highest BCUT2D eigenvalue weighted by atomic mass is 35.5. The van der Waals surface area contributed by atoms with Gasteiger partial charge in [0.15, 0.2) is 0 Å². The van der Waals surface area contributed by atoms with Crippen LogP contribution in [-0.4, -0.2) is 21.7 Å². The SMILES string of the molecule is CNn1c(Nc2c[nH]c3ccc(Cl)cc23)nc2cc(C(C)(F)F)ccc21. The van der Waals surface area contributed by atoms with E-state index in [9.17, 15) is 8.78 Å². The average Bonchev–Trinajstić information content (AvgIpc) is 3.14. The maximum absolute atomic E-state index is 13.6. The molecule has 0 saturated heterocycles. The molecule has 0 radical (unpaired) electrons. The molecule has 4 rings (SSSR count). The Bertz CT molecular complexity index is 1110. The molecule has 0 amide bonds. The molecule has 26 heavy (non-hydrogen) atoms. The van der Waals surface area contributed by atoms with E-state index in [2.05, 4.69) is 20.7 Å². The highest BCUT2D eigenvalue weighted by Crippen LogP contribution is 2.32. The molecule has 0 fully saturated rings. The summed E-state index contributed by atoms with van der Waals surface area (Å²) in [6.07, 6.45) is 1.81. The highest BCUT2D eigenvalue weighted by molar-refractivity contribution is 6.31. The van der Waals surface area contributed by atoms with Crippen LogP contribution in [0.5, 0.6) is 0 Å². The first-order valence-electron chi connectivity index (χ1n) is 7.99. The van der Waals surface area contributed by atoms with Crippen LogP contribution in [0.4, 0.5) is 20.4 Å². The van der Waals surface area contributed by atoms with Crippen molar-refractivity contribution in [3.63, 3.8) is 0 Å². The van der Waals surface area contributed by atoms with E-state index in [-0.39, 0.29) is 5.56 Å². The maximum atomic E-state index is 13.6. The lowest BCUT2D eigenvalue weighted by atomic mass is 10.1. The number of imidazole rings is 1. The molecule has 5 nitrogen and oxygen atoms in total. The van der Waals surface area contributed by atoms with Crippen molar-refractivity contribution in [2.24, 2.45) is 0 Å². The number of aromatic nitrogens is 3. The maximum Gasteiger partial charge on any atom is 0.270 e. The third kappa shape index (κ3) is 2.74. The first-order chi connectivity index (χ1) is 12.4. The lowest BCUT2D eigenvalue weighted by Gasteiger charge is -2.11. The first-order valence-corrected chi connectivity index (χ1v) is 8.37. The number of hydrogen-bond acceptors (Lipinski definition) is 3. The third-order valence-corrected chi connectivity index (χ3v) is 4.51. The fourth-order valence-corrected chi connectivity index (χ4v) is 3.15. The predicted octanol–water partition coefficient (Wildman–Crippen LogP) is 5.20. The number of benzene rings is 2. The first kappa shape index (κ1) is 16.7. The minimum Gasteiger partial charge on any atom is -0.359 e. The van der Waals surface area contributed by atoms with Gasteiger partial charge in [-0.25, -0.2) is 18.4 Å². The predicted molar refractivity (Wildman–Crippen MR) is 101 cm³/mol. The second kappa shape index (κ2) is 5.88. The van der Waals surface area contributed by atoms with Gasteiger partial charge < -0.3 is 15.7 Å². The van der Waals surface area contributed by atoms with Crippen molar-refractivity contribution in [1.82, 2.24) is 14.6 Å². The fraction of sp³-hybridized carbons (Fsp3) is 0.167. The monoisotopic (exact) mass is 375 g/mol. The Kier molecular flexibility index (Phi) is 3.77. The molecule has 0 saturated carbocycles. The third-order valence-electron chi connectivity index (χ3n) is 4.28. The van der Waals surface area contributed by atoms with Crippen molar-refractivity contribution in [3.8, 4) is 0 Å². The number of nitrogens with zero attached hydrogens (tertiary/aromatic N) is 2. The summed E-state index contributed by atoms with van der Waals surface area (Å²) in [5, 5.41) is 4.77. The molecule has 4 aromatic rings. The van der Waals surface area contributed by atoms with Gasteiger partial charge in [0.05, 0.1) is 16.7 Å². The van der Waals surface area contributed by atoms with E-state index in [0.29, 0.717) is 22.0 Å². The molecule has 0 bridgehead atoms. The largest absolute Gasteiger partial charge is 0.359 e. The molecule has 2 aromatic carbocycles. The van der Waals surface area contributed by atoms with Gasteiger partial charge in [-0.1, -0.05) is 17.7 Å². The van der Waals surface area contributed by atoms with E-state index in [0.717, 1.165) is 23.5 Å². The molecule has 0 aliphatic carbocycles.